The summed E-state index contributed by atoms with van der Waals surface area (Å²) in [6.45, 7) is 1.87. The van der Waals surface area contributed by atoms with Gasteiger partial charge >= 0.3 is 0 Å². The van der Waals surface area contributed by atoms with Crippen molar-refractivity contribution in [3.8, 4) is 11.8 Å². The number of sulfonamides is 1. The SMILES string of the molecule is COc1ccc(S(=O)(=O)N2CCN(c3ccc(C#N)cn3)CC2)cc1. The first kappa shape index (κ1) is 17.2. The van der Waals surface area contributed by atoms with Crippen molar-refractivity contribution in [3.05, 3.63) is 48.2 Å². The van der Waals surface area contributed by atoms with E-state index in [1.165, 1.54) is 10.5 Å². The van der Waals surface area contributed by atoms with Crippen LogP contribution in [0.15, 0.2) is 47.5 Å². The molecule has 0 N–H and O–H groups in total. The number of nitrogens with zero attached hydrogens (tertiary/aromatic N) is 4. The van der Waals surface area contributed by atoms with Gasteiger partial charge in [0, 0.05) is 32.4 Å². The molecule has 130 valence electrons. The molecule has 0 spiro atoms. The highest BCUT2D eigenvalue weighted by Gasteiger charge is 2.28. The second-order valence-electron chi connectivity index (χ2n) is 5.58. The zero-order chi connectivity index (χ0) is 17.9. The number of hydrogen-bond acceptors (Lipinski definition) is 6. The Morgan fingerprint density at radius 2 is 1.76 bits per heavy atom. The predicted octanol–water partition coefficient (Wildman–Crippen LogP) is 1.47. The van der Waals surface area contributed by atoms with Crippen LogP contribution in [0.2, 0.25) is 0 Å². The molecule has 25 heavy (non-hydrogen) atoms. The van der Waals surface area contributed by atoms with Crippen LogP contribution in [0.3, 0.4) is 0 Å². The van der Waals surface area contributed by atoms with Gasteiger partial charge in [0.15, 0.2) is 0 Å². The van der Waals surface area contributed by atoms with Crippen LogP contribution in [0, 0.1) is 11.3 Å². The van der Waals surface area contributed by atoms with E-state index in [1.807, 2.05) is 11.0 Å². The highest BCUT2D eigenvalue weighted by Crippen LogP contribution is 2.22. The average molecular weight is 358 g/mol. The molecule has 0 radical (unpaired) electrons. The van der Waals surface area contributed by atoms with Crippen LogP contribution in [0.1, 0.15) is 5.56 Å². The molecular formula is C17H18N4O3S. The van der Waals surface area contributed by atoms with E-state index in [9.17, 15) is 8.42 Å². The summed E-state index contributed by atoms with van der Waals surface area (Å²) in [7, 11) is -1.97. The molecule has 0 saturated carbocycles. The van der Waals surface area contributed by atoms with Crippen molar-refractivity contribution in [1.29, 1.82) is 5.26 Å². The lowest BCUT2D eigenvalue weighted by Crippen LogP contribution is -2.48. The molecule has 3 rings (SSSR count). The van der Waals surface area contributed by atoms with Gasteiger partial charge in [-0.05, 0) is 36.4 Å². The number of ether oxygens (including phenoxy) is 1. The van der Waals surface area contributed by atoms with E-state index >= 15 is 0 Å². The van der Waals surface area contributed by atoms with E-state index < -0.39 is 10.0 Å². The average Bonchev–Trinajstić information content (AvgIpc) is 2.68. The van der Waals surface area contributed by atoms with Crippen LogP contribution in [0.5, 0.6) is 5.75 Å². The summed E-state index contributed by atoms with van der Waals surface area (Å²) >= 11 is 0. The highest BCUT2D eigenvalue weighted by atomic mass is 32.2. The summed E-state index contributed by atoms with van der Waals surface area (Å²) in [6.07, 6.45) is 1.52. The Hall–Kier alpha value is -2.63. The van der Waals surface area contributed by atoms with Crippen molar-refractivity contribution in [1.82, 2.24) is 9.29 Å². The molecular weight excluding hydrogens is 340 g/mol. The van der Waals surface area contributed by atoms with Crippen molar-refractivity contribution < 1.29 is 13.2 Å². The van der Waals surface area contributed by atoms with Gasteiger partial charge in [-0.2, -0.15) is 9.57 Å². The summed E-state index contributed by atoms with van der Waals surface area (Å²) in [5.74, 6) is 1.37. The van der Waals surface area contributed by atoms with Crippen LogP contribution in [-0.2, 0) is 10.0 Å². The fourth-order valence-electron chi connectivity index (χ4n) is 2.69. The van der Waals surface area contributed by atoms with Crippen LogP contribution < -0.4 is 9.64 Å². The summed E-state index contributed by atoms with van der Waals surface area (Å²) in [5, 5.41) is 8.82. The van der Waals surface area contributed by atoms with Gasteiger partial charge in [0.05, 0.1) is 17.6 Å². The summed E-state index contributed by atoms with van der Waals surface area (Å²) in [5.41, 5.74) is 0.504. The summed E-state index contributed by atoms with van der Waals surface area (Å²) < 4.78 is 32.0. The Kier molecular flexibility index (Phi) is 4.88. The maximum atomic E-state index is 12.7. The zero-order valence-corrected chi connectivity index (χ0v) is 14.6. The van der Waals surface area contributed by atoms with Gasteiger partial charge in [0.2, 0.25) is 10.0 Å². The predicted molar refractivity (Wildman–Crippen MR) is 92.9 cm³/mol. The van der Waals surface area contributed by atoms with Gasteiger partial charge in [0.25, 0.3) is 0 Å². The standard InChI is InChI=1S/C17H18N4O3S/c1-24-15-3-5-16(6-4-15)25(22,23)21-10-8-20(9-11-21)17-7-2-14(12-18)13-19-17/h2-7,13H,8-11H2,1H3. The fourth-order valence-corrected chi connectivity index (χ4v) is 4.12. The monoisotopic (exact) mass is 358 g/mol. The molecule has 1 aliphatic rings. The van der Waals surface area contributed by atoms with Crippen molar-refractivity contribution >= 4 is 15.8 Å². The lowest BCUT2D eigenvalue weighted by Gasteiger charge is -2.34. The minimum Gasteiger partial charge on any atom is -0.497 e. The van der Waals surface area contributed by atoms with Crippen molar-refractivity contribution in [2.45, 2.75) is 4.90 Å². The number of anilines is 1. The molecule has 1 fully saturated rings. The number of benzene rings is 1. The van der Waals surface area contributed by atoms with Crippen LogP contribution in [0.4, 0.5) is 5.82 Å². The molecule has 1 aromatic carbocycles. The number of piperazine rings is 1. The third-order valence-corrected chi connectivity index (χ3v) is 6.05. The second kappa shape index (κ2) is 7.09. The highest BCUT2D eigenvalue weighted by molar-refractivity contribution is 7.89. The Labute approximate surface area is 147 Å². The first-order chi connectivity index (χ1) is 12.0. The molecule has 0 bridgehead atoms. The Balaban J connectivity index is 1.69. The fraction of sp³-hybridized carbons (Fsp3) is 0.294. The number of nitriles is 1. The summed E-state index contributed by atoms with van der Waals surface area (Å²) in [6, 6.07) is 11.9. The lowest BCUT2D eigenvalue weighted by atomic mass is 10.3. The molecule has 7 nitrogen and oxygen atoms in total. The van der Waals surface area contributed by atoms with Gasteiger partial charge in [-0.25, -0.2) is 13.4 Å². The number of methoxy groups -OCH3 is 1. The third kappa shape index (κ3) is 3.57. The molecule has 1 aliphatic heterocycles. The number of pyridine rings is 1. The van der Waals surface area contributed by atoms with Gasteiger partial charge < -0.3 is 9.64 Å². The first-order valence-electron chi connectivity index (χ1n) is 7.80. The van der Waals surface area contributed by atoms with Gasteiger partial charge in [-0.1, -0.05) is 0 Å². The summed E-state index contributed by atoms with van der Waals surface area (Å²) in [4.78, 5) is 6.54. The second-order valence-corrected chi connectivity index (χ2v) is 7.52. The Morgan fingerprint density at radius 3 is 2.28 bits per heavy atom. The van der Waals surface area contributed by atoms with E-state index in [0.29, 0.717) is 37.5 Å². The molecule has 1 aromatic heterocycles. The van der Waals surface area contributed by atoms with Crippen molar-refractivity contribution in [3.63, 3.8) is 0 Å². The number of aromatic nitrogens is 1. The van der Waals surface area contributed by atoms with Crippen molar-refractivity contribution in [2.75, 3.05) is 38.2 Å². The minimum absolute atomic E-state index is 0.262. The molecule has 1 saturated heterocycles. The normalized spacial score (nSPS) is 15.6. The number of rotatable bonds is 4. The van der Waals surface area contributed by atoms with Gasteiger partial charge in [-0.15, -0.1) is 0 Å². The quantitative estimate of drug-likeness (QED) is 0.823. The van der Waals surface area contributed by atoms with Crippen molar-refractivity contribution in [2.24, 2.45) is 0 Å². The van der Waals surface area contributed by atoms with E-state index in [-0.39, 0.29) is 4.90 Å². The molecule has 0 amide bonds. The van der Waals surface area contributed by atoms with Gasteiger partial charge in [-0.3, -0.25) is 0 Å². The zero-order valence-electron chi connectivity index (χ0n) is 13.8. The van der Waals surface area contributed by atoms with E-state index in [2.05, 4.69) is 4.98 Å². The third-order valence-electron chi connectivity index (χ3n) is 4.14. The number of hydrogen-bond donors (Lipinski definition) is 0. The molecule has 2 aromatic rings. The van der Waals surface area contributed by atoms with E-state index in [1.54, 1.807) is 43.5 Å². The van der Waals surface area contributed by atoms with Gasteiger partial charge in [0.1, 0.15) is 17.6 Å². The minimum atomic E-state index is -3.52. The van der Waals surface area contributed by atoms with Crippen LogP contribution >= 0.6 is 0 Å². The molecule has 0 aliphatic carbocycles. The first-order valence-corrected chi connectivity index (χ1v) is 9.24. The van der Waals surface area contributed by atoms with Crippen LogP contribution in [-0.4, -0.2) is 51.0 Å². The van der Waals surface area contributed by atoms with E-state index in [4.69, 9.17) is 10.00 Å². The molecule has 2 heterocycles. The molecule has 8 heteroatoms. The molecule has 0 atom stereocenters. The Morgan fingerprint density at radius 1 is 1.08 bits per heavy atom. The smallest absolute Gasteiger partial charge is 0.243 e. The maximum absolute atomic E-state index is 12.7. The Bertz CT molecular complexity index is 866. The maximum Gasteiger partial charge on any atom is 0.243 e. The molecule has 0 unspecified atom stereocenters. The largest absolute Gasteiger partial charge is 0.497 e. The van der Waals surface area contributed by atoms with E-state index in [0.717, 1.165) is 5.82 Å². The topological polar surface area (TPSA) is 86.5 Å². The lowest BCUT2D eigenvalue weighted by molar-refractivity contribution is 0.383. The van der Waals surface area contributed by atoms with Crippen LogP contribution in [0.25, 0.3) is 0 Å².